The number of nitrogens with zero attached hydrogens (tertiary/aromatic N) is 2. The Balaban J connectivity index is 2.42. The highest BCUT2D eigenvalue weighted by molar-refractivity contribution is 6.30. The Kier molecular flexibility index (Phi) is 3.66. The van der Waals surface area contributed by atoms with E-state index in [0.717, 1.165) is 6.07 Å². The largest absolute Gasteiger partial charge is 0.456 e. The monoisotopic (exact) mass is 272 g/mol. The fourth-order valence-electron chi connectivity index (χ4n) is 1.49. The molecule has 0 saturated carbocycles. The minimum Gasteiger partial charge on any atom is -0.456 e. The Morgan fingerprint density at radius 2 is 1.89 bits per heavy atom. The topological polar surface area (TPSA) is 56.8 Å². The van der Waals surface area contributed by atoms with Crippen LogP contribution in [0.2, 0.25) is 5.02 Å². The van der Waals surface area contributed by atoms with Crippen molar-refractivity contribution in [2.45, 2.75) is 0 Å². The van der Waals surface area contributed by atoms with Crippen LogP contribution in [0.1, 0.15) is 11.1 Å². The quantitative estimate of drug-likeness (QED) is 0.830. The van der Waals surface area contributed by atoms with Crippen molar-refractivity contribution in [3.05, 3.63) is 58.4 Å². The van der Waals surface area contributed by atoms with E-state index in [2.05, 4.69) is 0 Å². The lowest BCUT2D eigenvalue weighted by Crippen LogP contribution is -1.92. The van der Waals surface area contributed by atoms with Gasteiger partial charge in [-0.05, 0) is 24.3 Å². The molecule has 0 amide bonds. The van der Waals surface area contributed by atoms with Gasteiger partial charge >= 0.3 is 0 Å². The molecule has 0 saturated heterocycles. The molecule has 0 radical (unpaired) electrons. The molecule has 0 aliphatic carbocycles. The molecule has 0 N–H and O–H groups in total. The van der Waals surface area contributed by atoms with Gasteiger partial charge in [-0.2, -0.15) is 10.5 Å². The number of hydrogen-bond acceptors (Lipinski definition) is 3. The van der Waals surface area contributed by atoms with Crippen LogP contribution in [0.4, 0.5) is 4.39 Å². The maximum atomic E-state index is 13.0. The van der Waals surface area contributed by atoms with Crippen molar-refractivity contribution >= 4 is 11.6 Å². The predicted molar refractivity (Wildman–Crippen MR) is 67.4 cm³/mol. The lowest BCUT2D eigenvalue weighted by atomic mass is 10.1. The zero-order chi connectivity index (χ0) is 13.8. The van der Waals surface area contributed by atoms with Gasteiger partial charge in [0.1, 0.15) is 35.0 Å². The number of halogens is 2. The van der Waals surface area contributed by atoms with Crippen LogP contribution in [-0.4, -0.2) is 0 Å². The second-order valence-electron chi connectivity index (χ2n) is 3.58. The molecule has 0 heterocycles. The van der Waals surface area contributed by atoms with E-state index in [-0.39, 0.29) is 27.6 Å². The molecule has 0 atom stereocenters. The average molecular weight is 273 g/mol. The highest BCUT2D eigenvalue weighted by atomic mass is 35.5. The maximum absolute atomic E-state index is 13.0. The Morgan fingerprint density at radius 3 is 2.53 bits per heavy atom. The SMILES string of the molecule is N#Cc1cccc(Oc2ccc(F)c(Cl)c2)c1C#N. The molecule has 3 nitrogen and oxygen atoms in total. The molecule has 0 aliphatic heterocycles. The molecule has 2 aromatic rings. The first-order chi connectivity index (χ1) is 9.15. The van der Waals surface area contributed by atoms with Gasteiger partial charge in [-0.25, -0.2) is 4.39 Å². The summed E-state index contributed by atoms with van der Waals surface area (Å²) in [6.45, 7) is 0. The molecule has 0 aromatic heterocycles. The minimum atomic E-state index is -0.555. The molecule has 2 aromatic carbocycles. The Morgan fingerprint density at radius 1 is 1.11 bits per heavy atom. The number of nitriles is 2. The van der Waals surface area contributed by atoms with E-state index in [0.29, 0.717) is 0 Å². The van der Waals surface area contributed by atoms with Crippen LogP contribution in [0.25, 0.3) is 0 Å². The fourth-order valence-corrected chi connectivity index (χ4v) is 1.66. The normalized spacial score (nSPS) is 9.47. The summed E-state index contributed by atoms with van der Waals surface area (Å²) >= 11 is 5.64. The first-order valence-corrected chi connectivity index (χ1v) is 5.59. The molecule has 0 spiro atoms. The average Bonchev–Trinajstić information content (AvgIpc) is 2.42. The molecule has 0 aliphatic rings. The highest BCUT2D eigenvalue weighted by Gasteiger charge is 2.10. The molecule has 5 heteroatoms. The lowest BCUT2D eigenvalue weighted by Gasteiger charge is -2.08. The molecule has 0 fully saturated rings. The van der Waals surface area contributed by atoms with Gasteiger partial charge in [0.15, 0.2) is 0 Å². The van der Waals surface area contributed by atoms with Crippen LogP contribution < -0.4 is 4.74 Å². The Bertz CT molecular complexity index is 716. The Labute approximate surface area is 114 Å². The Hall–Kier alpha value is -2.56. The fraction of sp³-hybridized carbons (Fsp3) is 0. The van der Waals surface area contributed by atoms with Crippen LogP contribution in [-0.2, 0) is 0 Å². The van der Waals surface area contributed by atoms with Gasteiger partial charge in [0.05, 0.1) is 10.6 Å². The van der Waals surface area contributed by atoms with Gasteiger partial charge < -0.3 is 4.74 Å². The predicted octanol–water partition coefficient (Wildman–Crippen LogP) is 4.01. The van der Waals surface area contributed by atoms with E-state index >= 15 is 0 Å². The van der Waals surface area contributed by atoms with E-state index < -0.39 is 5.82 Å². The number of ether oxygens (including phenoxy) is 1. The summed E-state index contributed by atoms with van der Waals surface area (Å²) in [7, 11) is 0. The highest BCUT2D eigenvalue weighted by Crippen LogP contribution is 2.29. The molecular weight excluding hydrogens is 267 g/mol. The van der Waals surface area contributed by atoms with Crippen LogP contribution in [0, 0.1) is 28.5 Å². The summed E-state index contributed by atoms with van der Waals surface area (Å²) < 4.78 is 18.5. The van der Waals surface area contributed by atoms with Gasteiger partial charge in [-0.1, -0.05) is 17.7 Å². The van der Waals surface area contributed by atoms with E-state index in [9.17, 15) is 4.39 Å². The van der Waals surface area contributed by atoms with Crippen LogP contribution in [0.15, 0.2) is 36.4 Å². The first-order valence-electron chi connectivity index (χ1n) is 5.22. The van der Waals surface area contributed by atoms with Crippen LogP contribution in [0.5, 0.6) is 11.5 Å². The second-order valence-corrected chi connectivity index (χ2v) is 3.99. The minimum absolute atomic E-state index is 0.0764. The molecule has 19 heavy (non-hydrogen) atoms. The van der Waals surface area contributed by atoms with E-state index in [4.69, 9.17) is 26.9 Å². The summed E-state index contributed by atoms with van der Waals surface area (Å²) in [5, 5.41) is 17.9. The van der Waals surface area contributed by atoms with Gasteiger partial charge in [-0.3, -0.25) is 0 Å². The summed E-state index contributed by atoms with van der Waals surface area (Å²) in [6, 6.07) is 12.3. The van der Waals surface area contributed by atoms with Crippen molar-refractivity contribution in [3.63, 3.8) is 0 Å². The van der Waals surface area contributed by atoms with Gasteiger partial charge in [0, 0.05) is 6.07 Å². The van der Waals surface area contributed by atoms with E-state index in [1.165, 1.54) is 18.2 Å². The zero-order valence-corrected chi connectivity index (χ0v) is 10.3. The van der Waals surface area contributed by atoms with Crippen LogP contribution in [0.3, 0.4) is 0 Å². The van der Waals surface area contributed by atoms with E-state index in [1.54, 1.807) is 12.1 Å². The van der Waals surface area contributed by atoms with Crippen molar-refractivity contribution < 1.29 is 9.13 Å². The number of benzene rings is 2. The lowest BCUT2D eigenvalue weighted by molar-refractivity contribution is 0.479. The summed E-state index contributed by atoms with van der Waals surface area (Å²) in [6.07, 6.45) is 0. The molecule has 0 unspecified atom stereocenters. The van der Waals surface area contributed by atoms with Crippen molar-refractivity contribution in [1.82, 2.24) is 0 Å². The second kappa shape index (κ2) is 5.39. The van der Waals surface area contributed by atoms with Gasteiger partial charge in [0.2, 0.25) is 0 Å². The summed E-state index contributed by atoms with van der Waals surface area (Å²) in [4.78, 5) is 0. The van der Waals surface area contributed by atoms with Crippen molar-refractivity contribution in [2.24, 2.45) is 0 Å². The third kappa shape index (κ3) is 2.65. The third-order valence-corrected chi connectivity index (χ3v) is 2.67. The third-order valence-electron chi connectivity index (χ3n) is 2.38. The smallest absolute Gasteiger partial charge is 0.146 e. The van der Waals surface area contributed by atoms with Crippen LogP contribution >= 0.6 is 11.6 Å². The molecule has 0 bridgehead atoms. The standard InChI is InChI=1S/C14H6ClFN2O/c15-12-6-10(4-5-13(12)16)19-14-3-1-2-9(7-17)11(14)8-18/h1-6H. The molecule has 92 valence electrons. The zero-order valence-electron chi connectivity index (χ0n) is 9.52. The van der Waals surface area contributed by atoms with Gasteiger partial charge in [0.25, 0.3) is 0 Å². The van der Waals surface area contributed by atoms with E-state index in [1.807, 2.05) is 12.1 Å². The van der Waals surface area contributed by atoms with Crippen molar-refractivity contribution in [1.29, 1.82) is 10.5 Å². The van der Waals surface area contributed by atoms with Gasteiger partial charge in [-0.15, -0.1) is 0 Å². The van der Waals surface area contributed by atoms with Crippen molar-refractivity contribution in [2.75, 3.05) is 0 Å². The molecular formula is C14H6ClFN2O. The van der Waals surface area contributed by atoms with Crippen molar-refractivity contribution in [3.8, 4) is 23.6 Å². The maximum Gasteiger partial charge on any atom is 0.146 e. The number of rotatable bonds is 2. The summed E-state index contributed by atoms with van der Waals surface area (Å²) in [5.41, 5.74) is 0.346. The first kappa shape index (κ1) is 12.9. The number of hydrogen-bond donors (Lipinski definition) is 0. The summed E-state index contributed by atoms with van der Waals surface area (Å²) in [5.74, 6) is -0.0393. The molecule has 2 rings (SSSR count).